The molecule has 0 aliphatic carbocycles. The molecule has 0 saturated carbocycles. The fraction of sp³-hybridized carbons (Fsp3) is 0.387. The molecule has 3 aliphatic rings. The van der Waals surface area contributed by atoms with Crippen LogP contribution in [0, 0.1) is 18.2 Å². The van der Waals surface area contributed by atoms with E-state index >= 15 is 0 Å². The molecular weight excluding hydrogens is 544 g/mol. The van der Waals surface area contributed by atoms with Crippen LogP contribution in [0.4, 0.5) is 14.6 Å². The summed E-state index contributed by atoms with van der Waals surface area (Å²) in [5, 5.41) is 21.8. The molecule has 2 aromatic carbocycles. The number of fused-ring (bicyclic) bond motifs is 2. The predicted octanol–water partition coefficient (Wildman–Crippen LogP) is 3.82. The number of nitrogens with zero attached hydrogens (tertiary/aromatic N) is 5. The number of aromatic nitrogens is 3. The van der Waals surface area contributed by atoms with Crippen LogP contribution in [0.1, 0.15) is 24.8 Å². The monoisotopic (exact) mass is 573 g/mol. The van der Waals surface area contributed by atoms with Crippen molar-refractivity contribution in [1.82, 2.24) is 19.9 Å². The molecule has 9 nitrogen and oxygen atoms in total. The van der Waals surface area contributed by atoms with E-state index in [2.05, 4.69) is 10.8 Å². The van der Waals surface area contributed by atoms with Crippen molar-refractivity contribution in [2.75, 3.05) is 50.9 Å². The molecule has 4 aromatic rings. The van der Waals surface area contributed by atoms with Crippen LogP contribution < -0.4 is 14.4 Å². The van der Waals surface area contributed by atoms with Gasteiger partial charge in [0.2, 0.25) is 5.88 Å². The Labute approximate surface area is 240 Å². The number of rotatable bonds is 6. The Kier molecular flexibility index (Phi) is 6.48. The van der Waals surface area contributed by atoms with Crippen molar-refractivity contribution in [1.29, 1.82) is 0 Å². The zero-order valence-electron chi connectivity index (χ0n) is 22.8. The minimum atomic E-state index is -0.890. The molecule has 2 fully saturated rings. The van der Waals surface area contributed by atoms with Gasteiger partial charge in [-0.2, -0.15) is 9.97 Å². The van der Waals surface area contributed by atoms with Gasteiger partial charge < -0.3 is 24.6 Å². The number of terminal acetylenes is 1. The third kappa shape index (κ3) is 4.33. The Morgan fingerprint density at radius 3 is 2.88 bits per heavy atom. The van der Waals surface area contributed by atoms with Crippen LogP contribution in [0.25, 0.3) is 32.9 Å². The number of benzene rings is 2. The molecule has 11 heteroatoms. The van der Waals surface area contributed by atoms with Gasteiger partial charge in [0.15, 0.2) is 0 Å². The van der Waals surface area contributed by atoms with Crippen LogP contribution in [0.3, 0.4) is 0 Å². The first-order chi connectivity index (χ1) is 20.4. The number of anilines is 1. The molecule has 0 amide bonds. The summed E-state index contributed by atoms with van der Waals surface area (Å²) < 4.78 is 41.4. The van der Waals surface area contributed by atoms with Gasteiger partial charge in [0.05, 0.1) is 35.5 Å². The molecule has 3 aliphatic heterocycles. The van der Waals surface area contributed by atoms with Gasteiger partial charge in [-0.1, -0.05) is 12.0 Å². The molecule has 0 spiro atoms. The topological polar surface area (TPSA) is 104 Å². The molecule has 216 valence electrons. The third-order valence-electron chi connectivity index (χ3n) is 8.58. The SMILES string of the molecule is C#Cc1c(F)ccc2cc(O)cc(-c3cc4nc(OC[C@@]56CCCN5C[C@H](F)C6)nc5c4c(n3)OCCN5CCO)c12. The molecule has 7 rings (SSSR count). The summed E-state index contributed by atoms with van der Waals surface area (Å²) in [6, 6.07) is 7.64. The van der Waals surface area contributed by atoms with Crippen molar-refractivity contribution in [3.63, 3.8) is 0 Å². The van der Waals surface area contributed by atoms with E-state index in [9.17, 15) is 19.0 Å². The van der Waals surface area contributed by atoms with Gasteiger partial charge in [-0.15, -0.1) is 6.42 Å². The first kappa shape index (κ1) is 26.6. The number of aromatic hydroxyl groups is 1. The maximum absolute atomic E-state index is 14.8. The average Bonchev–Trinajstić information content (AvgIpc) is 3.44. The number of hydrogen-bond acceptors (Lipinski definition) is 9. The third-order valence-corrected chi connectivity index (χ3v) is 8.58. The molecule has 2 N–H and O–H groups in total. The van der Waals surface area contributed by atoms with Gasteiger partial charge >= 0.3 is 6.01 Å². The lowest BCUT2D eigenvalue weighted by Gasteiger charge is -2.31. The fourth-order valence-corrected chi connectivity index (χ4v) is 6.73. The molecule has 2 atom stereocenters. The second-order valence-electron chi connectivity index (χ2n) is 11.1. The van der Waals surface area contributed by atoms with Crippen molar-refractivity contribution >= 4 is 27.5 Å². The summed E-state index contributed by atoms with van der Waals surface area (Å²) in [7, 11) is 0. The molecule has 0 radical (unpaired) electrons. The van der Waals surface area contributed by atoms with Gasteiger partial charge in [0.25, 0.3) is 0 Å². The second-order valence-corrected chi connectivity index (χ2v) is 11.1. The lowest BCUT2D eigenvalue weighted by Crippen LogP contribution is -2.43. The van der Waals surface area contributed by atoms with Crippen LogP contribution in [-0.4, -0.2) is 87.8 Å². The molecular formula is C31H29F2N5O4. The second kappa shape index (κ2) is 10.2. The summed E-state index contributed by atoms with van der Waals surface area (Å²) in [5.41, 5.74) is 0.901. The van der Waals surface area contributed by atoms with Crippen LogP contribution in [0.15, 0.2) is 30.3 Å². The summed E-state index contributed by atoms with van der Waals surface area (Å²) >= 11 is 0. The first-order valence-corrected chi connectivity index (χ1v) is 14.0. The van der Waals surface area contributed by atoms with Gasteiger partial charge in [-0.3, -0.25) is 4.90 Å². The molecule has 0 unspecified atom stereocenters. The number of pyridine rings is 1. The number of aliphatic hydroxyl groups excluding tert-OH is 1. The van der Waals surface area contributed by atoms with Gasteiger partial charge in [0.1, 0.15) is 42.2 Å². The number of ether oxygens (including phenoxy) is 2. The highest BCUT2D eigenvalue weighted by Gasteiger charge is 2.49. The highest BCUT2D eigenvalue weighted by Crippen LogP contribution is 2.42. The van der Waals surface area contributed by atoms with E-state index in [4.69, 9.17) is 30.8 Å². The van der Waals surface area contributed by atoms with Crippen LogP contribution in [0.5, 0.6) is 17.6 Å². The molecule has 0 bridgehead atoms. The van der Waals surface area contributed by atoms with Crippen LogP contribution >= 0.6 is 0 Å². The van der Waals surface area contributed by atoms with E-state index in [0.29, 0.717) is 64.8 Å². The Bertz CT molecular complexity index is 1760. The number of halogens is 2. The normalized spacial score (nSPS) is 21.8. The van der Waals surface area contributed by atoms with Gasteiger partial charge in [0, 0.05) is 30.5 Å². The standard InChI is InChI=1S/C31H29F2N5O4/c1-2-21-23(33)5-4-18-12-20(40)13-22(26(18)21)24-14-25-27-28(37(8-10-39)9-11-41-29(27)34-24)36-30(35-25)42-17-31-6-3-7-38(31)16-19(32)15-31/h1,4-5,12-14,19,39-40H,3,6-11,15-17H2/t19-,31+/m1/s1. The highest BCUT2D eigenvalue weighted by molar-refractivity contribution is 6.03. The number of alkyl halides is 1. The van der Waals surface area contributed by atoms with E-state index < -0.39 is 12.0 Å². The Balaban J connectivity index is 1.39. The maximum Gasteiger partial charge on any atom is 0.319 e. The number of hydrogen-bond donors (Lipinski definition) is 2. The summed E-state index contributed by atoms with van der Waals surface area (Å²) in [5.74, 6) is 2.60. The van der Waals surface area contributed by atoms with E-state index in [-0.39, 0.29) is 48.6 Å². The molecule has 42 heavy (non-hydrogen) atoms. The van der Waals surface area contributed by atoms with E-state index in [1.807, 2.05) is 4.90 Å². The molecule has 5 heterocycles. The highest BCUT2D eigenvalue weighted by atomic mass is 19.1. The Morgan fingerprint density at radius 1 is 1.17 bits per heavy atom. The summed E-state index contributed by atoms with van der Waals surface area (Å²) in [4.78, 5) is 18.3. The first-order valence-electron chi connectivity index (χ1n) is 14.0. The Morgan fingerprint density at radius 2 is 2.05 bits per heavy atom. The van der Waals surface area contributed by atoms with Crippen molar-refractivity contribution in [2.45, 2.75) is 31.0 Å². The minimum Gasteiger partial charge on any atom is -0.508 e. The average molecular weight is 574 g/mol. The quantitative estimate of drug-likeness (QED) is 0.333. The zero-order chi connectivity index (χ0) is 29.0. The number of phenols is 1. The van der Waals surface area contributed by atoms with E-state index in [1.165, 1.54) is 18.2 Å². The van der Waals surface area contributed by atoms with Crippen molar-refractivity contribution < 1.29 is 28.5 Å². The number of phenolic OH excluding ortho intramolecular Hbond substituents is 1. The van der Waals surface area contributed by atoms with E-state index in [0.717, 1.165) is 19.4 Å². The van der Waals surface area contributed by atoms with Crippen LogP contribution in [0.2, 0.25) is 0 Å². The van der Waals surface area contributed by atoms with Gasteiger partial charge in [-0.25, -0.2) is 13.8 Å². The van der Waals surface area contributed by atoms with Crippen molar-refractivity contribution in [3.05, 3.63) is 41.7 Å². The van der Waals surface area contributed by atoms with Gasteiger partial charge in [-0.05, 0) is 49.0 Å². The van der Waals surface area contributed by atoms with Crippen molar-refractivity contribution in [2.24, 2.45) is 0 Å². The predicted molar refractivity (Wildman–Crippen MR) is 153 cm³/mol. The fourth-order valence-electron chi connectivity index (χ4n) is 6.73. The maximum atomic E-state index is 14.8. The zero-order valence-corrected chi connectivity index (χ0v) is 22.8. The smallest absolute Gasteiger partial charge is 0.319 e. The summed E-state index contributed by atoms with van der Waals surface area (Å²) in [6.45, 7) is 2.39. The molecule has 2 aromatic heterocycles. The Hall–Kier alpha value is -4.27. The lowest BCUT2D eigenvalue weighted by atomic mass is 9.95. The van der Waals surface area contributed by atoms with Crippen molar-refractivity contribution in [3.8, 4) is 41.2 Å². The molecule has 2 saturated heterocycles. The minimum absolute atomic E-state index is 0.0367. The lowest BCUT2D eigenvalue weighted by molar-refractivity contribution is 0.107. The number of β-amino-alcohol motifs (C(OH)–C–C–N with tert-alkyl or cyclic N) is 1. The largest absolute Gasteiger partial charge is 0.508 e. The summed E-state index contributed by atoms with van der Waals surface area (Å²) in [6.07, 6.45) is 7.05. The van der Waals surface area contributed by atoms with Crippen LogP contribution in [-0.2, 0) is 0 Å². The number of aliphatic hydroxyl groups is 1. The van der Waals surface area contributed by atoms with E-state index in [1.54, 1.807) is 12.1 Å².